The minimum Gasteiger partial charge on any atom is -0.466 e. The molecule has 0 spiro atoms. The normalized spacial score (nSPS) is 25.8. The Kier molecular flexibility index (Phi) is 4.34. The van der Waals surface area contributed by atoms with E-state index in [2.05, 4.69) is 39.0 Å². The lowest BCUT2D eigenvalue weighted by molar-refractivity contribution is -0.150. The van der Waals surface area contributed by atoms with Gasteiger partial charge in [-0.3, -0.25) is 4.79 Å². The smallest absolute Gasteiger partial charge is 0.313 e. The maximum Gasteiger partial charge on any atom is 0.313 e. The third-order valence-electron chi connectivity index (χ3n) is 3.03. The summed E-state index contributed by atoms with van der Waals surface area (Å²) < 4.78 is 5.18. The van der Waals surface area contributed by atoms with Crippen LogP contribution in [0.15, 0.2) is 23.8 Å². The highest BCUT2D eigenvalue weighted by atomic mass is 16.5. The van der Waals surface area contributed by atoms with Gasteiger partial charge in [0.15, 0.2) is 0 Å². The summed E-state index contributed by atoms with van der Waals surface area (Å²) in [4.78, 5) is 12.0. The lowest BCUT2D eigenvalue weighted by Crippen LogP contribution is -2.35. The summed E-state index contributed by atoms with van der Waals surface area (Å²) in [6.45, 7) is 8.65. The molecule has 0 aliphatic heterocycles. The van der Waals surface area contributed by atoms with Gasteiger partial charge in [-0.15, -0.1) is 0 Å². The van der Waals surface area contributed by atoms with Crippen LogP contribution in [0.4, 0.5) is 0 Å². The third-order valence-corrected chi connectivity index (χ3v) is 3.03. The molecule has 0 heterocycles. The molecule has 2 heteroatoms. The minimum absolute atomic E-state index is 0.0397. The Labute approximate surface area is 98.4 Å². The largest absolute Gasteiger partial charge is 0.466 e. The number of hydrogen-bond acceptors (Lipinski definition) is 2. The Hall–Kier alpha value is -1.05. The van der Waals surface area contributed by atoms with Crippen LogP contribution in [-0.4, -0.2) is 12.6 Å². The molecular formula is C14H22O2. The van der Waals surface area contributed by atoms with E-state index in [4.69, 9.17) is 4.74 Å². The van der Waals surface area contributed by atoms with E-state index in [0.717, 1.165) is 18.4 Å². The van der Waals surface area contributed by atoms with Crippen LogP contribution in [0.2, 0.25) is 0 Å². The molecule has 0 aromatic heterocycles. The first-order valence-corrected chi connectivity index (χ1v) is 6.06. The van der Waals surface area contributed by atoms with E-state index >= 15 is 0 Å². The van der Waals surface area contributed by atoms with Crippen LogP contribution in [0.1, 0.15) is 40.5 Å². The van der Waals surface area contributed by atoms with Crippen LogP contribution >= 0.6 is 0 Å². The van der Waals surface area contributed by atoms with E-state index in [1.165, 1.54) is 0 Å². The van der Waals surface area contributed by atoms with Gasteiger partial charge in [0.05, 0.1) is 12.5 Å². The van der Waals surface area contributed by atoms with Gasteiger partial charge >= 0.3 is 5.97 Å². The topological polar surface area (TPSA) is 26.3 Å². The van der Waals surface area contributed by atoms with Gasteiger partial charge in [-0.05, 0) is 30.8 Å². The summed E-state index contributed by atoms with van der Waals surface area (Å²) in [5.41, 5.74) is 1.07. The second-order valence-corrected chi connectivity index (χ2v) is 4.89. The zero-order valence-corrected chi connectivity index (χ0v) is 10.7. The minimum atomic E-state index is -0.114. The van der Waals surface area contributed by atoms with E-state index in [1.54, 1.807) is 0 Å². The number of allylic oxidation sites excluding steroid dienone is 3. The van der Waals surface area contributed by atoms with Crippen molar-refractivity contribution in [2.24, 2.45) is 11.3 Å². The molecule has 0 saturated carbocycles. The highest BCUT2D eigenvalue weighted by molar-refractivity contribution is 5.78. The van der Waals surface area contributed by atoms with E-state index in [-0.39, 0.29) is 17.3 Å². The summed E-state index contributed by atoms with van der Waals surface area (Å²) in [6.07, 6.45) is 8.22. The molecule has 2 nitrogen and oxygen atoms in total. The van der Waals surface area contributed by atoms with Crippen LogP contribution in [0.25, 0.3) is 0 Å². The van der Waals surface area contributed by atoms with E-state index in [0.29, 0.717) is 6.61 Å². The van der Waals surface area contributed by atoms with E-state index < -0.39 is 0 Å². The molecule has 1 aliphatic carbocycles. The first kappa shape index (κ1) is 13.0. The summed E-state index contributed by atoms with van der Waals surface area (Å²) >= 11 is 0. The zero-order chi connectivity index (χ0) is 12.2. The van der Waals surface area contributed by atoms with Crippen molar-refractivity contribution in [3.05, 3.63) is 23.8 Å². The molecule has 0 saturated heterocycles. The Morgan fingerprint density at radius 3 is 2.81 bits per heavy atom. The number of ether oxygens (including phenoxy) is 1. The van der Waals surface area contributed by atoms with Crippen molar-refractivity contribution in [1.82, 2.24) is 0 Å². The maximum absolute atomic E-state index is 12.0. The molecule has 1 unspecified atom stereocenters. The van der Waals surface area contributed by atoms with Crippen molar-refractivity contribution in [2.75, 3.05) is 6.61 Å². The number of rotatable bonds is 3. The number of hydrogen-bond donors (Lipinski definition) is 0. The van der Waals surface area contributed by atoms with Crippen LogP contribution < -0.4 is 0 Å². The van der Waals surface area contributed by atoms with Gasteiger partial charge in [0, 0.05) is 0 Å². The third kappa shape index (κ3) is 2.75. The van der Waals surface area contributed by atoms with Crippen molar-refractivity contribution < 1.29 is 9.53 Å². The maximum atomic E-state index is 12.0. The monoisotopic (exact) mass is 222 g/mol. The van der Waals surface area contributed by atoms with Gasteiger partial charge in [0.1, 0.15) is 0 Å². The molecule has 0 bridgehead atoms. The predicted molar refractivity (Wildman–Crippen MR) is 66.0 cm³/mol. The summed E-state index contributed by atoms with van der Waals surface area (Å²) in [5.74, 6) is -0.200. The fourth-order valence-electron chi connectivity index (χ4n) is 2.27. The predicted octanol–water partition coefficient (Wildman–Crippen LogP) is 3.49. The molecule has 0 amide bonds. The second-order valence-electron chi connectivity index (χ2n) is 4.89. The van der Waals surface area contributed by atoms with Crippen molar-refractivity contribution in [3.8, 4) is 0 Å². The highest BCUT2D eigenvalue weighted by Crippen LogP contribution is 2.41. The molecule has 0 fully saturated rings. The number of esters is 1. The molecular weight excluding hydrogens is 200 g/mol. The second kappa shape index (κ2) is 5.33. The van der Waals surface area contributed by atoms with E-state index in [9.17, 15) is 4.79 Å². The summed E-state index contributed by atoms with van der Waals surface area (Å²) in [5, 5.41) is 0. The molecule has 1 aliphatic rings. The quantitative estimate of drug-likeness (QED) is 0.683. The van der Waals surface area contributed by atoms with Crippen molar-refractivity contribution in [2.45, 2.75) is 40.5 Å². The van der Waals surface area contributed by atoms with Gasteiger partial charge in [0.2, 0.25) is 0 Å². The molecule has 1 atom stereocenters. The molecule has 1 rings (SSSR count). The Balaban J connectivity index is 3.00. The molecule has 16 heavy (non-hydrogen) atoms. The van der Waals surface area contributed by atoms with Gasteiger partial charge in [-0.2, -0.15) is 0 Å². The van der Waals surface area contributed by atoms with Gasteiger partial charge < -0.3 is 4.74 Å². The van der Waals surface area contributed by atoms with Crippen molar-refractivity contribution in [3.63, 3.8) is 0 Å². The molecule has 0 aromatic rings. The SMILES string of the molecule is CC/C=C1/C=CCC(C)(C)C1C(=O)OCC. The zero-order valence-electron chi connectivity index (χ0n) is 10.7. The summed E-state index contributed by atoms with van der Waals surface area (Å²) in [6, 6.07) is 0. The summed E-state index contributed by atoms with van der Waals surface area (Å²) in [7, 11) is 0. The van der Waals surface area contributed by atoms with Crippen LogP contribution in [0.5, 0.6) is 0 Å². The van der Waals surface area contributed by atoms with Gasteiger partial charge in [-0.25, -0.2) is 0 Å². The van der Waals surface area contributed by atoms with Crippen molar-refractivity contribution >= 4 is 5.97 Å². The van der Waals surface area contributed by atoms with Crippen molar-refractivity contribution in [1.29, 1.82) is 0 Å². The van der Waals surface area contributed by atoms with Gasteiger partial charge in [-0.1, -0.05) is 39.0 Å². The Bertz CT molecular complexity index is 311. The van der Waals surface area contributed by atoms with E-state index in [1.807, 2.05) is 6.92 Å². The average molecular weight is 222 g/mol. The fraction of sp³-hybridized carbons (Fsp3) is 0.643. The first-order valence-electron chi connectivity index (χ1n) is 6.06. The highest BCUT2D eigenvalue weighted by Gasteiger charge is 2.39. The molecule has 0 radical (unpaired) electrons. The average Bonchev–Trinajstić information content (AvgIpc) is 2.17. The number of carbonyl (C=O) groups excluding carboxylic acids is 1. The fourth-order valence-corrected chi connectivity index (χ4v) is 2.27. The molecule has 90 valence electrons. The standard InChI is InChI=1S/C14H22O2/c1-5-8-11-9-7-10-14(3,4)12(11)13(15)16-6-2/h7-9,12H,5-6,10H2,1-4H3/b11-8-. The number of carbonyl (C=O) groups is 1. The molecule has 0 aromatic carbocycles. The Morgan fingerprint density at radius 1 is 1.56 bits per heavy atom. The molecule has 0 N–H and O–H groups in total. The lowest BCUT2D eigenvalue weighted by Gasteiger charge is -2.35. The lowest BCUT2D eigenvalue weighted by atomic mass is 9.69. The van der Waals surface area contributed by atoms with Crippen LogP contribution in [0, 0.1) is 11.3 Å². The van der Waals surface area contributed by atoms with Crippen LogP contribution in [-0.2, 0) is 9.53 Å². The first-order chi connectivity index (χ1) is 7.53. The van der Waals surface area contributed by atoms with Gasteiger partial charge in [0.25, 0.3) is 0 Å². The van der Waals surface area contributed by atoms with Crippen LogP contribution in [0.3, 0.4) is 0 Å². The Morgan fingerprint density at radius 2 is 2.25 bits per heavy atom.